The van der Waals surface area contributed by atoms with Crippen LogP contribution in [-0.2, 0) is 11.3 Å². The third-order valence-electron chi connectivity index (χ3n) is 5.00. The molecule has 7 heteroatoms. The molecular formula is C23H25NO6. The Morgan fingerprint density at radius 1 is 1.20 bits per heavy atom. The van der Waals surface area contributed by atoms with Gasteiger partial charge in [-0.1, -0.05) is 18.2 Å². The number of aromatic hydroxyl groups is 1. The van der Waals surface area contributed by atoms with E-state index >= 15 is 0 Å². The first kappa shape index (κ1) is 21.5. The van der Waals surface area contributed by atoms with Crippen LogP contribution >= 0.6 is 0 Å². The van der Waals surface area contributed by atoms with Crippen molar-refractivity contribution >= 4 is 18.1 Å². The van der Waals surface area contributed by atoms with Gasteiger partial charge in [0.15, 0.2) is 12.1 Å². The number of allylic oxidation sites excluding steroid dienone is 1. The summed E-state index contributed by atoms with van der Waals surface area (Å²) in [7, 11) is 2.97. The molecule has 2 aromatic rings. The lowest BCUT2D eigenvalue weighted by Crippen LogP contribution is -2.36. The molecular weight excluding hydrogens is 386 g/mol. The molecule has 2 aromatic carbocycles. The second-order valence-electron chi connectivity index (χ2n) is 6.85. The molecule has 1 N–H and O–H groups in total. The Balaban J connectivity index is 1.95. The molecule has 1 aliphatic rings. The van der Waals surface area contributed by atoms with Crippen LogP contribution in [0.1, 0.15) is 31.8 Å². The van der Waals surface area contributed by atoms with Crippen LogP contribution in [0.5, 0.6) is 17.2 Å². The van der Waals surface area contributed by atoms with E-state index in [1.165, 1.54) is 19.3 Å². The van der Waals surface area contributed by atoms with Gasteiger partial charge in [0.1, 0.15) is 22.8 Å². The highest BCUT2D eigenvalue weighted by Gasteiger charge is 2.24. The van der Waals surface area contributed by atoms with Crippen molar-refractivity contribution in [3.8, 4) is 17.2 Å². The average molecular weight is 411 g/mol. The number of morpholine rings is 1. The smallest absolute Gasteiger partial charge is 0.193 e. The van der Waals surface area contributed by atoms with Gasteiger partial charge in [0, 0.05) is 30.8 Å². The van der Waals surface area contributed by atoms with Crippen LogP contribution in [0, 0.1) is 0 Å². The van der Waals surface area contributed by atoms with Crippen molar-refractivity contribution in [2.75, 3.05) is 40.5 Å². The van der Waals surface area contributed by atoms with E-state index in [2.05, 4.69) is 4.90 Å². The first-order chi connectivity index (χ1) is 14.6. The summed E-state index contributed by atoms with van der Waals surface area (Å²) in [6, 6.07) is 8.75. The van der Waals surface area contributed by atoms with Crippen LogP contribution in [0.4, 0.5) is 0 Å². The maximum absolute atomic E-state index is 12.9. The van der Waals surface area contributed by atoms with E-state index in [-0.39, 0.29) is 17.1 Å². The largest absolute Gasteiger partial charge is 0.507 e. The summed E-state index contributed by atoms with van der Waals surface area (Å²) in [5.74, 6) is 0.171. The van der Waals surface area contributed by atoms with Crippen molar-refractivity contribution < 1.29 is 28.9 Å². The SMILES string of the molecule is COc1cccc(/C=C/C(=O)c2c(OC)cc(C=O)c(CN3CCOCC3)c2O)c1. The number of benzene rings is 2. The summed E-state index contributed by atoms with van der Waals surface area (Å²) in [6.45, 7) is 2.88. The number of phenols is 1. The summed E-state index contributed by atoms with van der Waals surface area (Å²) in [6.07, 6.45) is 3.67. The number of hydrogen-bond donors (Lipinski definition) is 1. The van der Waals surface area contributed by atoms with Crippen LogP contribution in [0.15, 0.2) is 36.4 Å². The van der Waals surface area contributed by atoms with Crippen molar-refractivity contribution in [2.24, 2.45) is 0 Å². The number of carbonyl (C=O) groups is 2. The van der Waals surface area contributed by atoms with Crippen LogP contribution in [0.25, 0.3) is 6.08 Å². The van der Waals surface area contributed by atoms with Gasteiger partial charge in [0.2, 0.25) is 0 Å². The van der Waals surface area contributed by atoms with Crippen LogP contribution in [0.3, 0.4) is 0 Å². The summed E-state index contributed by atoms with van der Waals surface area (Å²) in [4.78, 5) is 26.6. The van der Waals surface area contributed by atoms with Gasteiger partial charge in [-0.25, -0.2) is 0 Å². The van der Waals surface area contributed by atoms with E-state index in [4.69, 9.17) is 14.2 Å². The lowest BCUT2D eigenvalue weighted by Gasteiger charge is -2.27. The Kier molecular flexibility index (Phi) is 7.21. The number of carbonyl (C=O) groups excluding carboxylic acids is 2. The van der Waals surface area contributed by atoms with Gasteiger partial charge in [-0.2, -0.15) is 0 Å². The Hall–Kier alpha value is -3.16. The van der Waals surface area contributed by atoms with Gasteiger partial charge in [0.05, 0.1) is 27.4 Å². The fourth-order valence-electron chi connectivity index (χ4n) is 3.36. The van der Waals surface area contributed by atoms with Crippen molar-refractivity contribution in [3.63, 3.8) is 0 Å². The highest BCUT2D eigenvalue weighted by atomic mass is 16.5. The molecule has 0 spiro atoms. The molecule has 3 rings (SSSR count). The first-order valence-electron chi connectivity index (χ1n) is 9.62. The predicted molar refractivity (Wildman–Crippen MR) is 113 cm³/mol. The quantitative estimate of drug-likeness (QED) is 0.406. The molecule has 158 valence electrons. The number of nitrogens with zero attached hydrogens (tertiary/aromatic N) is 1. The first-order valence-corrected chi connectivity index (χ1v) is 9.62. The maximum atomic E-state index is 12.9. The van der Waals surface area contributed by atoms with Gasteiger partial charge in [-0.15, -0.1) is 0 Å². The normalized spacial score (nSPS) is 14.6. The fourth-order valence-corrected chi connectivity index (χ4v) is 3.36. The molecule has 1 saturated heterocycles. The van der Waals surface area contributed by atoms with Crippen LogP contribution in [-0.4, -0.2) is 62.6 Å². The van der Waals surface area contributed by atoms with Gasteiger partial charge in [-0.05, 0) is 29.8 Å². The fraction of sp³-hybridized carbons (Fsp3) is 0.304. The zero-order valence-corrected chi connectivity index (χ0v) is 17.1. The second-order valence-corrected chi connectivity index (χ2v) is 6.85. The summed E-state index contributed by atoms with van der Waals surface area (Å²) in [5.41, 5.74) is 1.51. The minimum atomic E-state index is -0.423. The van der Waals surface area contributed by atoms with Gasteiger partial charge in [-0.3, -0.25) is 14.5 Å². The summed E-state index contributed by atoms with van der Waals surface area (Å²) in [5, 5.41) is 10.9. The zero-order chi connectivity index (χ0) is 21.5. The Labute approximate surface area is 175 Å². The second kappa shape index (κ2) is 10.0. The number of rotatable bonds is 8. The van der Waals surface area contributed by atoms with E-state index in [9.17, 15) is 14.7 Å². The third kappa shape index (κ3) is 4.87. The van der Waals surface area contributed by atoms with Crippen molar-refractivity contribution in [3.05, 3.63) is 58.7 Å². The molecule has 0 unspecified atom stereocenters. The van der Waals surface area contributed by atoms with E-state index in [0.717, 1.165) is 5.56 Å². The highest BCUT2D eigenvalue weighted by Crippen LogP contribution is 2.35. The van der Waals surface area contributed by atoms with Gasteiger partial charge < -0.3 is 19.3 Å². The molecule has 0 radical (unpaired) electrons. The van der Waals surface area contributed by atoms with E-state index in [0.29, 0.717) is 56.0 Å². The number of ether oxygens (including phenoxy) is 3. The number of aldehydes is 1. The van der Waals surface area contributed by atoms with Crippen molar-refractivity contribution in [1.29, 1.82) is 0 Å². The number of phenolic OH excluding ortho intramolecular Hbond substituents is 1. The van der Waals surface area contributed by atoms with E-state index in [1.54, 1.807) is 19.3 Å². The van der Waals surface area contributed by atoms with Crippen LogP contribution in [0.2, 0.25) is 0 Å². The Morgan fingerprint density at radius 3 is 2.63 bits per heavy atom. The maximum Gasteiger partial charge on any atom is 0.193 e. The summed E-state index contributed by atoms with van der Waals surface area (Å²) >= 11 is 0. The highest BCUT2D eigenvalue weighted by molar-refractivity contribution is 6.11. The lowest BCUT2D eigenvalue weighted by atomic mass is 9.97. The molecule has 1 aliphatic heterocycles. The standard InChI is InChI=1S/C23H25NO6/c1-28-18-5-3-4-16(12-18)6-7-20(26)22-21(29-2)13-17(15-25)19(23(22)27)14-24-8-10-30-11-9-24/h3-7,12-13,15,27H,8-11,14H2,1-2H3/b7-6+. The molecule has 0 amide bonds. The van der Waals surface area contributed by atoms with Crippen molar-refractivity contribution in [2.45, 2.75) is 6.54 Å². The molecule has 30 heavy (non-hydrogen) atoms. The van der Waals surface area contributed by atoms with Gasteiger partial charge in [0.25, 0.3) is 0 Å². The zero-order valence-electron chi connectivity index (χ0n) is 17.1. The van der Waals surface area contributed by atoms with E-state index in [1.807, 2.05) is 18.2 Å². The number of ketones is 1. The molecule has 1 heterocycles. The van der Waals surface area contributed by atoms with E-state index < -0.39 is 5.78 Å². The molecule has 0 saturated carbocycles. The molecule has 0 bridgehead atoms. The summed E-state index contributed by atoms with van der Waals surface area (Å²) < 4.78 is 15.8. The number of hydrogen-bond acceptors (Lipinski definition) is 7. The monoisotopic (exact) mass is 411 g/mol. The lowest BCUT2D eigenvalue weighted by molar-refractivity contribution is 0.0338. The molecule has 0 aliphatic carbocycles. The van der Waals surface area contributed by atoms with Crippen LogP contribution < -0.4 is 9.47 Å². The minimum absolute atomic E-state index is 0.0329. The van der Waals surface area contributed by atoms with Gasteiger partial charge >= 0.3 is 0 Å². The third-order valence-corrected chi connectivity index (χ3v) is 5.00. The predicted octanol–water partition coefficient (Wildman–Crippen LogP) is 2.95. The Morgan fingerprint density at radius 2 is 1.97 bits per heavy atom. The molecule has 0 atom stereocenters. The topological polar surface area (TPSA) is 85.3 Å². The minimum Gasteiger partial charge on any atom is -0.507 e. The van der Waals surface area contributed by atoms with Crippen molar-refractivity contribution in [1.82, 2.24) is 4.90 Å². The number of methoxy groups -OCH3 is 2. The molecule has 0 aromatic heterocycles. The molecule has 1 fully saturated rings. The average Bonchev–Trinajstić information content (AvgIpc) is 2.79. The molecule has 7 nitrogen and oxygen atoms in total. The Bertz CT molecular complexity index is 947.